The van der Waals surface area contributed by atoms with E-state index in [1.54, 1.807) is 0 Å². The van der Waals surface area contributed by atoms with Crippen LogP contribution in [0.5, 0.6) is 0 Å². The van der Waals surface area contributed by atoms with Gasteiger partial charge in [0, 0.05) is 21.3 Å². The molecule has 3 aromatic carbocycles. The van der Waals surface area contributed by atoms with Crippen molar-refractivity contribution in [2.24, 2.45) is 0 Å². The van der Waals surface area contributed by atoms with Crippen LogP contribution in [0.2, 0.25) is 10.0 Å². The smallest absolute Gasteiger partial charge is 0.416 e. The molecule has 1 saturated heterocycles. The van der Waals surface area contributed by atoms with E-state index in [0.717, 1.165) is 23.1 Å². The summed E-state index contributed by atoms with van der Waals surface area (Å²) in [6.45, 7) is 0. The van der Waals surface area contributed by atoms with Crippen molar-refractivity contribution in [3.05, 3.63) is 105 Å². The fourth-order valence-corrected chi connectivity index (χ4v) is 3.91. The highest BCUT2D eigenvalue weighted by Crippen LogP contribution is 2.43. The van der Waals surface area contributed by atoms with Crippen LogP contribution >= 0.6 is 23.2 Å². The van der Waals surface area contributed by atoms with Gasteiger partial charge in [0.05, 0.1) is 17.2 Å². The first kappa shape index (κ1) is 22.9. The molecule has 9 heteroatoms. The van der Waals surface area contributed by atoms with Crippen molar-refractivity contribution in [2.75, 3.05) is 4.90 Å². The molecular weight excluding hydrogens is 478 g/mol. The zero-order valence-corrected chi connectivity index (χ0v) is 18.1. The lowest BCUT2D eigenvalue weighted by Gasteiger charge is -2.26. The van der Waals surface area contributed by atoms with Crippen molar-refractivity contribution >= 4 is 46.3 Å². The predicted molar refractivity (Wildman–Crippen MR) is 119 cm³/mol. The molecule has 4 rings (SSSR count). The maximum absolute atomic E-state index is 13.3. The molecular formula is C24H14Cl2F3NO3. The van der Waals surface area contributed by atoms with Crippen LogP contribution < -0.4 is 4.90 Å². The number of amides is 1. The number of nitrogens with zero attached hydrogens (tertiary/aromatic N) is 1. The summed E-state index contributed by atoms with van der Waals surface area (Å²) in [5.74, 6) is -2.57. The Bertz CT molecular complexity index is 1270. The van der Waals surface area contributed by atoms with Gasteiger partial charge < -0.3 is 5.11 Å². The molecule has 1 heterocycles. The number of halogens is 5. The highest BCUT2D eigenvalue weighted by atomic mass is 35.5. The van der Waals surface area contributed by atoms with Gasteiger partial charge in [-0.05, 0) is 60.2 Å². The minimum absolute atomic E-state index is 0.137. The Morgan fingerprint density at radius 1 is 0.879 bits per heavy atom. The second kappa shape index (κ2) is 8.57. The fourth-order valence-electron chi connectivity index (χ4n) is 3.65. The number of aliphatic hydroxyl groups is 1. The standard InChI is InChI=1S/C24H14Cl2F3NO3/c25-16-8-4-13(5-9-16)20-19(21(31)14-6-10-17(26)11-7-14)22(32)23(33)30(20)18-3-1-2-15(12-18)24(27,28)29/h1-12,20,31H/b21-19+. The van der Waals surface area contributed by atoms with Crippen molar-refractivity contribution in [2.45, 2.75) is 12.2 Å². The zero-order chi connectivity index (χ0) is 23.9. The van der Waals surface area contributed by atoms with Gasteiger partial charge in [-0.15, -0.1) is 0 Å². The number of hydrogen-bond donors (Lipinski definition) is 1. The molecule has 0 spiro atoms. The maximum Gasteiger partial charge on any atom is 0.416 e. The molecule has 33 heavy (non-hydrogen) atoms. The van der Waals surface area contributed by atoms with E-state index in [1.807, 2.05) is 0 Å². The molecule has 1 unspecified atom stereocenters. The summed E-state index contributed by atoms with van der Waals surface area (Å²) in [7, 11) is 0. The van der Waals surface area contributed by atoms with E-state index in [-0.39, 0.29) is 16.8 Å². The number of benzene rings is 3. The van der Waals surface area contributed by atoms with Gasteiger partial charge in [-0.3, -0.25) is 14.5 Å². The topological polar surface area (TPSA) is 57.6 Å². The number of carbonyl (C=O) groups excluding carboxylic acids is 2. The Morgan fingerprint density at radius 2 is 1.45 bits per heavy atom. The second-order valence-corrected chi connectivity index (χ2v) is 8.15. The van der Waals surface area contributed by atoms with Gasteiger partial charge in [-0.1, -0.05) is 41.4 Å². The molecule has 1 aliphatic rings. The summed E-state index contributed by atoms with van der Waals surface area (Å²) < 4.78 is 39.9. The molecule has 0 aromatic heterocycles. The molecule has 1 atom stereocenters. The maximum atomic E-state index is 13.3. The number of anilines is 1. The van der Waals surface area contributed by atoms with Gasteiger partial charge >= 0.3 is 6.18 Å². The summed E-state index contributed by atoms with van der Waals surface area (Å²) >= 11 is 11.9. The quantitative estimate of drug-likeness (QED) is 0.254. The third-order valence-corrected chi connectivity index (χ3v) is 5.70. The van der Waals surface area contributed by atoms with Gasteiger partial charge in [-0.25, -0.2) is 0 Å². The zero-order valence-electron chi connectivity index (χ0n) is 16.6. The molecule has 0 radical (unpaired) electrons. The normalized spacial score (nSPS) is 18.1. The van der Waals surface area contributed by atoms with Crippen LogP contribution in [0.3, 0.4) is 0 Å². The molecule has 1 N–H and O–H groups in total. The van der Waals surface area contributed by atoms with E-state index in [0.29, 0.717) is 15.6 Å². The van der Waals surface area contributed by atoms with E-state index >= 15 is 0 Å². The van der Waals surface area contributed by atoms with Crippen molar-refractivity contribution < 1.29 is 27.9 Å². The van der Waals surface area contributed by atoms with Crippen LogP contribution in [-0.2, 0) is 15.8 Å². The molecule has 0 saturated carbocycles. The molecule has 0 bridgehead atoms. The average Bonchev–Trinajstić information content (AvgIpc) is 3.04. The Labute approximate surface area is 196 Å². The van der Waals surface area contributed by atoms with Gasteiger partial charge in [0.2, 0.25) is 0 Å². The summed E-state index contributed by atoms with van der Waals surface area (Å²) in [5.41, 5.74) is -0.773. The number of hydrogen-bond acceptors (Lipinski definition) is 3. The fraction of sp³-hybridized carbons (Fsp3) is 0.0833. The molecule has 0 aliphatic carbocycles. The molecule has 1 amide bonds. The van der Waals surface area contributed by atoms with Crippen molar-refractivity contribution in [1.82, 2.24) is 0 Å². The third-order valence-electron chi connectivity index (χ3n) is 5.20. The van der Waals surface area contributed by atoms with Crippen molar-refractivity contribution in [3.8, 4) is 0 Å². The lowest BCUT2D eigenvalue weighted by atomic mass is 9.95. The largest absolute Gasteiger partial charge is 0.507 e. The Balaban J connectivity index is 1.94. The predicted octanol–water partition coefficient (Wildman–Crippen LogP) is 6.64. The van der Waals surface area contributed by atoms with Gasteiger partial charge in [0.15, 0.2) is 0 Å². The van der Waals surface area contributed by atoms with E-state index < -0.39 is 35.2 Å². The number of aliphatic hydroxyl groups excluding tert-OH is 1. The van der Waals surface area contributed by atoms with E-state index in [2.05, 4.69) is 0 Å². The Kier molecular flexibility index (Phi) is 5.95. The highest BCUT2D eigenvalue weighted by Gasteiger charge is 2.47. The van der Waals surface area contributed by atoms with Crippen LogP contribution in [0.25, 0.3) is 5.76 Å². The van der Waals surface area contributed by atoms with E-state index in [9.17, 15) is 27.9 Å². The summed E-state index contributed by atoms with van der Waals surface area (Å²) in [6, 6.07) is 15.0. The number of alkyl halides is 3. The number of ketones is 1. The van der Waals surface area contributed by atoms with Crippen molar-refractivity contribution in [1.29, 1.82) is 0 Å². The summed E-state index contributed by atoms with van der Waals surface area (Å²) in [4.78, 5) is 27.0. The van der Waals surface area contributed by atoms with Crippen LogP contribution in [0, 0.1) is 0 Å². The number of Topliss-reactive ketones (excluding diaryl/α,β-unsaturated/α-hetero) is 1. The van der Waals surface area contributed by atoms with Crippen LogP contribution in [0.15, 0.2) is 78.4 Å². The average molecular weight is 492 g/mol. The SMILES string of the molecule is O=C1C(=O)N(c2cccc(C(F)(F)F)c2)C(c2ccc(Cl)cc2)/C1=C(\O)c1ccc(Cl)cc1. The molecule has 1 aliphatic heterocycles. The number of rotatable bonds is 3. The first-order valence-corrected chi connectivity index (χ1v) is 10.3. The van der Waals surface area contributed by atoms with E-state index in [4.69, 9.17) is 23.2 Å². The summed E-state index contributed by atoms with van der Waals surface area (Å²) in [6.07, 6.45) is -4.65. The van der Waals surface area contributed by atoms with E-state index in [1.165, 1.54) is 54.6 Å². The summed E-state index contributed by atoms with van der Waals surface area (Å²) in [5, 5.41) is 11.7. The number of carbonyl (C=O) groups is 2. The molecule has 168 valence electrons. The molecule has 1 fully saturated rings. The Hall–Kier alpha value is -3.29. The van der Waals surface area contributed by atoms with Gasteiger partial charge in [-0.2, -0.15) is 13.2 Å². The monoisotopic (exact) mass is 491 g/mol. The lowest BCUT2D eigenvalue weighted by molar-refractivity contribution is -0.137. The van der Waals surface area contributed by atoms with Gasteiger partial charge in [0.25, 0.3) is 11.7 Å². The minimum atomic E-state index is -4.65. The first-order chi connectivity index (χ1) is 15.6. The van der Waals surface area contributed by atoms with Crippen molar-refractivity contribution in [3.63, 3.8) is 0 Å². The lowest BCUT2D eigenvalue weighted by Crippen LogP contribution is -2.29. The molecule has 4 nitrogen and oxygen atoms in total. The molecule has 3 aromatic rings. The highest BCUT2D eigenvalue weighted by molar-refractivity contribution is 6.51. The van der Waals surface area contributed by atoms with Crippen LogP contribution in [0.1, 0.15) is 22.7 Å². The Morgan fingerprint density at radius 3 is 2.03 bits per heavy atom. The van der Waals surface area contributed by atoms with Crippen LogP contribution in [-0.4, -0.2) is 16.8 Å². The minimum Gasteiger partial charge on any atom is -0.507 e. The van der Waals surface area contributed by atoms with Gasteiger partial charge in [0.1, 0.15) is 5.76 Å². The first-order valence-electron chi connectivity index (χ1n) is 9.57. The van der Waals surface area contributed by atoms with Crippen LogP contribution in [0.4, 0.5) is 18.9 Å². The third kappa shape index (κ3) is 4.34. The second-order valence-electron chi connectivity index (χ2n) is 7.28.